The van der Waals surface area contributed by atoms with Gasteiger partial charge in [-0.05, 0) is 60.9 Å². The molecule has 1 atom stereocenters. The van der Waals surface area contributed by atoms with Crippen molar-refractivity contribution in [2.24, 2.45) is 0 Å². The third-order valence-electron chi connectivity index (χ3n) is 5.62. The number of hydrogen-bond acceptors (Lipinski definition) is 4. The van der Waals surface area contributed by atoms with Gasteiger partial charge in [-0.2, -0.15) is 4.31 Å². The summed E-state index contributed by atoms with van der Waals surface area (Å²) in [7, 11) is -0.745. The molecule has 0 bridgehead atoms. The second-order valence-corrected chi connectivity index (χ2v) is 9.62. The highest BCUT2D eigenvalue weighted by atomic mass is 32.2. The largest absolute Gasteiger partial charge is 0.497 e. The summed E-state index contributed by atoms with van der Waals surface area (Å²) in [6.45, 7) is 3.92. The summed E-state index contributed by atoms with van der Waals surface area (Å²) in [5, 5.41) is 2.93. The maximum Gasteiger partial charge on any atom is 0.243 e. The maximum absolute atomic E-state index is 13.3. The molecular formula is C25H28N2O4S. The fraction of sp³-hybridized carbons (Fsp3) is 0.240. The third kappa shape index (κ3) is 5.18. The monoisotopic (exact) mass is 452 g/mol. The summed E-state index contributed by atoms with van der Waals surface area (Å²) in [6, 6.07) is 20.3. The van der Waals surface area contributed by atoms with E-state index in [2.05, 4.69) is 5.32 Å². The van der Waals surface area contributed by atoms with Crippen LogP contribution in [-0.2, 0) is 14.8 Å². The Morgan fingerprint density at radius 2 is 1.62 bits per heavy atom. The molecule has 1 N–H and O–H groups in total. The summed E-state index contributed by atoms with van der Waals surface area (Å²) in [4.78, 5) is 13.2. The number of nitrogens with one attached hydrogen (secondary N) is 1. The Morgan fingerprint density at radius 1 is 0.969 bits per heavy atom. The quantitative estimate of drug-likeness (QED) is 0.537. The van der Waals surface area contributed by atoms with Crippen LogP contribution in [0.2, 0.25) is 0 Å². The average Bonchev–Trinajstić information content (AvgIpc) is 2.80. The number of rotatable bonds is 8. The molecule has 0 heterocycles. The van der Waals surface area contributed by atoms with E-state index in [4.69, 9.17) is 4.74 Å². The molecule has 0 spiro atoms. The number of methoxy groups -OCH3 is 1. The van der Waals surface area contributed by atoms with E-state index < -0.39 is 16.1 Å². The van der Waals surface area contributed by atoms with E-state index in [1.54, 1.807) is 61.7 Å². The van der Waals surface area contributed by atoms with Crippen LogP contribution in [0.15, 0.2) is 77.7 Å². The fourth-order valence-electron chi connectivity index (χ4n) is 3.47. The van der Waals surface area contributed by atoms with Crippen LogP contribution >= 0.6 is 0 Å². The van der Waals surface area contributed by atoms with Crippen LogP contribution in [0.25, 0.3) is 0 Å². The number of aryl methyl sites for hydroxylation is 1. The van der Waals surface area contributed by atoms with Gasteiger partial charge in [0.05, 0.1) is 18.0 Å². The minimum Gasteiger partial charge on any atom is -0.497 e. The molecule has 6 nitrogen and oxygen atoms in total. The summed E-state index contributed by atoms with van der Waals surface area (Å²) in [5.74, 6) is 0.385. The Labute approximate surface area is 189 Å². The number of carbonyl (C=O) groups is 1. The van der Waals surface area contributed by atoms with E-state index in [-0.39, 0.29) is 17.2 Å². The SMILES string of the molecule is COc1ccc([C@H](CC(=O)Nc2cccc(C)c2C)N(C)S(=O)(=O)c2ccccc2)cc1. The van der Waals surface area contributed by atoms with Crippen molar-refractivity contribution in [2.75, 3.05) is 19.5 Å². The van der Waals surface area contributed by atoms with E-state index in [1.165, 1.54) is 11.4 Å². The number of carbonyl (C=O) groups excluding carboxylic acids is 1. The van der Waals surface area contributed by atoms with Crippen LogP contribution in [0.3, 0.4) is 0 Å². The van der Waals surface area contributed by atoms with Gasteiger partial charge in [-0.25, -0.2) is 8.42 Å². The molecule has 0 fully saturated rings. The Balaban J connectivity index is 1.93. The number of nitrogens with zero attached hydrogens (tertiary/aromatic N) is 1. The molecule has 168 valence electrons. The van der Waals surface area contributed by atoms with Crippen molar-refractivity contribution in [1.82, 2.24) is 4.31 Å². The Hall–Kier alpha value is -3.16. The zero-order valence-corrected chi connectivity index (χ0v) is 19.5. The molecule has 0 saturated heterocycles. The van der Waals surface area contributed by atoms with Gasteiger partial charge in [0.25, 0.3) is 0 Å². The predicted molar refractivity (Wildman–Crippen MR) is 126 cm³/mol. The highest BCUT2D eigenvalue weighted by Gasteiger charge is 2.31. The van der Waals surface area contributed by atoms with Crippen LogP contribution in [0.1, 0.15) is 29.2 Å². The Bertz CT molecular complexity index is 1180. The topological polar surface area (TPSA) is 75.7 Å². The zero-order chi connectivity index (χ0) is 23.3. The molecule has 3 aromatic carbocycles. The first-order valence-electron chi connectivity index (χ1n) is 10.3. The van der Waals surface area contributed by atoms with Crippen molar-refractivity contribution in [3.05, 3.63) is 89.5 Å². The first kappa shape index (κ1) is 23.5. The number of anilines is 1. The van der Waals surface area contributed by atoms with E-state index in [9.17, 15) is 13.2 Å². The second-order valence-electron chi connectivity index (χ2n) is 7.62. The lowest BCUT2D eigenvalue weighted by atomic mass is 10.0. The van der Waals surface area contributed by atoms with E-state index >= 15 is 0 Å². The summed E-state index contributed by atoms with van der Waals surface area (Å²) in [6.07, 6.45) is -0.0394. The maximum atomic E-state index is 13.3. The van der Waals surface area contributed by atoms with Gasteiger partial charge >= 0.3 is 0 Å². The number of benzene rings is 3. The minimum atomic E-state index is -3.81. The van der Waals surface area contributed by atoms with Crippen molar-refractivity contribution in [2.45, 2.75) is 31.2 Å². The zero-order valence-electron chi connectivity index (χ0n) is 18.7. The third-order valence-corrected chi connectivity index (χ3v) is 7.50. The first-order valence-corrected chi connectivity index (χ1v) is 11.7. The molecule has 0 radical (unpaired) electrons. The van der Waals surface area contributed by atoms with Gasteiger partial charge in [0.1, 0.15) is 5.75 Å². The average molecular weight is 453 g/mol. The lowest BCUT2D eigenvalue weighted by Gasteiger charge is -2.28. The van der Waals surface area contributed by atoms with E-state index in [0.29, 0.717) is 11.3 Å². The molecule has 0 aliphatic carbocycles. The van der Waals surface area contributed by atoms with Crippen LogP contribution in [0.5, 0.6) is 5.75 Å². The van der Waals surface area contributed by atoms with Gasteiger partial charge < -0.3 is 10.1 Å². The van der Waals surface area contributed by atoms with Crippen molar-refractivity contribution < 1.29 is 17.9 Å². The van der Waals surface area contributed by atoms with Crippen LogP contribution in [0, 0.1) is 13.8 Å². The molecule has 0 aliphatic heterocycles. The van der Waals surface area contributed by atoms with Gasteiger partial charge in [-0.15, -0.1) is 0 Å². The highest BCUT2D eigenvalue weighted by Crippen LogP contribution is 2.31. The van der Waals surface area contributed by atoms with Gasteiger partial charge in [-0.3, -0.25) is 4.79 Å². The fourth-order valence-corrected chi connectivity index (χ4v) is 4.84. The number of hydrogen-bond donors (Lipinski definition) is 1. The molecule has 0 aliphatic rings. The number of sulfonamides is 1. The van der Waals surface area contributed by atoms with Crippen molar-refractivity contribution in [3.8, 4) is 5.75 Å². The molecule has 0 saturated carbocycles. The van der Waals surface area contributed by atoms with Gasteiger partial charge in [0, 0.05) is 19.2 Å². The summed E-state index contributed by atoms with van der Waals surface area (Å²) >= 11 is 0. The number of ether oxygens (including phenoxy) is 1. The first-order chi connectivity index (χ1) is 15.2. The minimum absolute atomic E-state index is 0.0394. The van der Waals surface area contributed by atoms with Gasteiger partial charge in [0.2, 0.25) is 15.9 Å². The van der Waals surface area contributed by atoms with E-state index in [0.717, 1.165) is 16.8 Å². The van der Waals surface area contributed by atoms with Crippen molar-refractivity contribution in [3.63, 3.8) is 0 Å². The standard InChI is InChI=1S/C25H28N2O4S/c1-18-9-8-12-23(19(18)2)26-25(28)17-24(20-13-15-21(31-4)16-14-20)27(3)32(29,30)22-10-6-5-7-11-22/h5-16,24H,17H2,1-4H3,(H,26,28)/t24-/m0/s1. The molecule has 32 heavy (non-hydrogen) atoms. The Morgan fingerprint density at radius 3 is 2.25 bits per heavy atom. The Kier molecular flexibility index (Phi) is 7.33. The normalized spacial score (nSPS) is 12.4. The van der Waals surface area contributed by atoms with Gasteiger partial charge in [-0.1, -0.05) is 42.5 Å². The summed E-state index contributed by atoms with van der Waals surface area (Å²) in [5.41, 5.74) is 3.46. The smallest absolute Gasteiger partial charge is 0.243 e. The van der Waals surface area contributed by atoms with Crippen molar-refractivity contribution in [1.29, 1.82) is 0 Å². The highest BCUT2D eigenvalue weighted by molar-refractivity contribution is 7.89. The lowest BCUT2D eigenvalue weighted by molar-refractivity contribution is -0.117. The van der Waals surface area contributed by atoms with E-state index in [1.807, 2.05) is 32.0 Å². The summed E-state index contributed by atoms with van der Waals surface area (Å²) < 4.78 is 33.0. The van der Waals surface area contributed by atoms with Crippen LogP contribution in [0.4, 0.5) is 5.69 Å². The van der Waals surface area contributed by atoms with Gasteiger partial charge in [0.15, 0.2) is 0 Å². The molecule has 0 aromatic heterocycles. The second kappa shape index (κ2) is 9.97. The molecular weight excluding hydrogens is 424 g/mol. The lowest BCUT2D eigenvalue weighted by Crippen LogP contribution is -2.34. The van der Waals surface area contributed by atoms with Crippen LogP contribution in [-0.4, -0.2) is 32.8 Å². The van der Waals surface area contributed by atoms with Crippen molar-refractivity contribution >= 4 is 21.6 Å². The van der Waals surface area contributed by atoms with Crippen LogP contribution < -0.4 is 10.1 Å². The molecule has 3 aromatic rings. The molecule has 1 amide bonds. The molecule has 3 rings (SSSR count). The number of amides is 1. The molecule has 7 heteroatoms. The molecule has 0 unspecified atom stereocenters. The predicted octanol–water partition coefficient (Wildman–Crippen LogP) is 4.70.